The summed E-state index contributed by atoms with van der Waals surface area (Å²) in [6.07, 6.45) is 4.01. The zero-order chi connectivity index (χ0) is 21.1. The molecular weight excluding hydrogens is 433 g/mol. The van der Waals surface area contributed by atoms with E-state index >= 15 is 0 Å². The van der Waals surface area contributed by atoms with Crippen molar-refractivity contribution in [1.29, 1.82) is 0 Å². The molecule has 0 saturated carbocycles. The fourth-order valence-electron chi connectivity index (χ4n) is 3.07. The third-order valence-corrected chi connectivity index (χ3v) is 5.54. The maximum atomic E-state index is 12.4. The van der Waals surface area contributed by atoms with Crippen LogP contribution in [0.2, 0.25) is 0 Å². The van der Waals surface area contributed by atoms with Crippen molar-refractivity contribution in [2.75, 3.05) is 25.9 Å². The summed E-state index contributed by atoms with van der Waals surface area (Å²) < 4.78 is 0. The van der Waals surface area contributed by atoms with E-state index in [1.54, 1.807) is 6.26 Å². The number of rotatable bonds is 13. The van der Waals surface area contributed by atoms with Crippen molar-refractivity contribution < 1.29 is 42.5 Å². The Morgan fingerprint density at radius 1 is 1.24 bits per heavy atom. The summed E-state index contributed by atoms with van der Waals surface area (Å²) in [6, 6.07) is 0. The molecule has 1 fully saturated rings. The summed E-state index contributed by atoms with van der Waals surface area (Å²) in [5, 5.41) is 4.98. The maximum Gasteiger partial charge on any atom is 0.242 e. The first-order valence-electron chi connectivity index (χ1n) is 9.56. The van der Waals surface area contributed by atoms with Crippen molar-refractivity contribution in [2.45, 2.75) is 50.7 Å². The van der Waals surface area contributed by atoms with E-state index in [4.69, 9.17) is 0 Å². The molecule has 0 aromatic carbocycles. The van der Waals surface area contributed by atoms with Crippen molar-refractivity contribution in [1.82, 2.24) is 15.5 Å². The molecule has 10 heteroatoms. The fourth-order valence-corrected chi connectivity index (χ4v) is 3.71. The molecule has 1 unspecified atom stereocenters. The smallest absolute Gasteiger partial charge is 0.242 e. The van der Waals surface area contributed by atoms with Crippen molar-refractivity contribution in [3.8, 4) is 0 Å². The number of hydrogen-bond donors (Lipinski definition) is 2. The third-order valence-electron chi connectivity index (χ3n) is 4.60. The summed E-state index contributed by atoms with van der Waals surface area (Å²) in [4.78, 5) is 60.5. The Bertz CT molecular complexity index is 602. The summed E-state index contributed by atoms with van der Waals surface area (Å²) in [6.45, 7) is 6.07. The van der Waals surface area contributed by atoms with Gasteiger partial charge in [-0.1, -0.05) is 6.42 Å². The van der Waals surface area contributed by atoms with Gasteiger partial charge in [0.25, 0.3) is 0 Å². The van der Waals surface area contributed by atoms with E-state index in [2.05, 4.69) is 17.6 Å². The first-order chi connectivity index (χ1) is 13.3. The predicted molar refractivity (Wildman–Crippen MR) is 107 cm³/mol. The molecule has 0 bridgehead atoms. The molecule has 29 heavy (non-hydrogen) atoms. The quantitative estimate of drug-likeness (QED) is 0.236. The Hall–Kier alpha value is -1.45. The Morgan fingerprint density at radius 2 is 1.93 bits per heavy atom. The summed E-state index contributed by atoms with van der Waals surface area (Å²) in [7, 11) is 0. The zero-order valence-corrected chi connectivity index (χ0v) is 19.3. The minimum Gasteiger partial charge on any atom is -0.381 e. The summed E-state index contributed by atoms with van der Waals surface area (Å²) in [5.74, 6) is -1.59. The Labute approximate surface area is 188 Å². The molecule has 0 aromatic rings. The third kappa shape index (κ3) is 9.73. The van der Waals surface area contributed by atoms with E-state index in [0.717, 1.165) is 4.90 Å². The number of amides is 4. The Balaban J connectivity index is 0.00000784. The van der Waals surface area contributed by atoms with Crippen molar-refractivity contribution in [2.24, 2.45) is 5.92 Å². The first-order valence-corrected chi connectivity index (χ1v) is 10.8. The molecule has 0 aliphatic carbocycles. The first kappa shape index (κ1) is 27.6. The van der Waals surface area contributed by atoms with Crippen LogP contribution in [0.15, 0.2) is 0 Å². The second kappa shape index (κ2) is 14.5. The van der Waals surface area contributed by atoms with Crippen LogP contribution in [-0.2, 0) is 42.5 Å². The maximum absolute atomic E-state index is 12.4. The number of carbonyl (C=O) groups excluding carboxylic acids is 5. The Kier molecular flexibility index (Phi) is 13.8. The monoisotopic (exact) mass is 463 g/mol. The number of unbranched alkanes of at least 4 members (excludes halogenated alkanes) is 1. The van der Waals surface area contributed by atoms with Crippen LogP contribution in [0.25, 0.3) is 0 Å². The number of likely N-dealkylation sites (tertiary alicyclic amines) is 1. The van der Waals surface area contributed by atoms with E-state index in [1.807, 2.05) is 6.92 Å². The molecule has 1 rings (SSSR count). The van der Waals surface area contributed by atoms with Gasteiger partial charge in [0.05, 0.1) is 11.2 Å². The molecule has 0 spiro atoms. The van der Waals surface area contributed by atoms with Gasteiger partial charge in [0, 0.05) is 63.4 Å². The molecule has 1 radical (unpaired) electrons. The average molecular weight is 463 g/mol. The minimum atomic E-state index is -0.452. The summed E-state index contributed by atoms with van der Waals surface area (Å²) >= 11 is 1.34. The van der Waals surface area contributed by atoms with Crippen LogP contribution >= 0.6 is 11.8 Å². The van der Waals surface area contributed by atoms with Crippen LogP contribution in [0.5, 0.6) is 0 Å². The van der Waals surface area contributed by atoms with Crippen LogP contribution in [0.1, 0.15) is 45.4 Å². The topological polar surface area (TPSA) is 113 Å². The van der Waals surface area contributed by atoms with Gasteiger partial charge in [-0.3, -0.25) is 24.1 Å². The molecule has 2 atom stereocenters. The molecule has 1 saturated heterocycles. The molecule has 8 nitrogen and oxygen atoms in total. The zero-order valence-electron chi connectivity index (χ0n) is 17.1. The fraction of sp³-hybridized carbons (Fsp3) is 0.684. The SMILES string of the molecule is [CH2-]C(=O)NCCCC[C@H](CC(=O)CCN1C(=O)CC(SC)C1=O)C(=O)NCC.[V]. The second-order valence-electron chi connectivity index (χ2n) is 6.74. The molecule has 0 aromatic heterocycles. The van der Waals surface area contributed by atoms with Gasteiger partial charge >= 0.3 is 0 Å². The molecule has 1 aliphatic heterocycles. The van der Waals surface area contributed by atoms with Gasteiger partial charge in [0.2, 0.25) is 17.7 Å². The number of nitrogens with zero attached hydrogens (tertiary/aromatic N) is 1. The number of carbonyl (C=O) groups is 5. The van der Waals surface area contributed by atoms with E-state index in [0.29, 0.717) is 32.4 Å². The van der Waals surface area contributed by atoms with Gasteiger partial charge < -0.3 is 22.4 Å². The van der Waals surface area contributed by atoms with Crippen molar-refractivity contribution in [3.63, 3.8) is 0 Å². The number of ketones is 1. The molecule has 1 aliphatic rings. The number of Topliss-reactive ketones (excluding diaryl/α,β-unsaturated/α-hetero) is 1. The van der Waals surface area contributed by atoms with Gasteiger partial charge in [0.1, 0.15) is 5.78 Å². The van der Waals surface area contributed by atoms with Crippen LogP contribution in [0.4, 0.5) is 0 Å². The van der Waals surface area contributed by atoms with Crippen LogP contribution in [0.3, 0.4) is 0 Å². The number of nitrogens with one attached hydrogen (secondary N) is 2. The van der Waals surface area contributed by atoms with Crippen LogP contribution < -0.4 is 10.6 Å². The summed E-state index contributed by atoms with van der Waals surface area (Å²) in [5.41, 5.74) is 0. The minimum absolute atomic E-state index is 0. The van der Waals surface area contributed by atoms with Crippen LogP contribution in [0, 0.1) is 12.8 Å². The van der Waals surface area contributed by atoms with Gasteiger partial charge in [-0.25, -0.2) is 0 Å². The van der Waals surface area contributed by atoms with Gasteiger partial charge in [-0.05, 0) is 26.0 Å². The molecule has 1 heterocycles. The van der Waals surface area contributed by atoms with E-state index < -0.39 is 5.92 Å². The van der Waals surface area contributed by atoms with Crippen LogP contribution in [-0.4, -0.2) is 65.5 Å². The standard InChI is InChI=1S/C19H30N3O5S.V/c1-4-20-18(26)14(7-5-6-9-21-13(2)23)11-15(24)8-10-22-17(25)12-16(28-3)19(22)27;/h14,16H,2,4-12H2,1,3H3,(H,20,26)(H,21,23);/q-1;/t14-,16?;/m1./s1. The van der Waals surface area contributed by atoms with E-state index in [1.165, 1.54) is 11.8 Å². The molecule has 2 N–H and O–H groups in total. The second-order valence-corrected chi connectivity index (χ2v) is 7.78. The molecule has 163 valence electrons. The predicted octanol–water partition coefficient (Wildman–Crippen LogP) is 0.697. The van der Waals surface area contributed by atoms with Gasteiger partial charge in [0.15, 0.2) is 0 Å². The number of thioether (sulfide) groups is 1. The van der Waals surface area contributed by atoms with E-state index in [9.17, 15) is 24.0 Å². The van der Waals surface area contributed by atoms with Crippen molar-refractivity contribution in [3.05, 3.63) is 6.92 Å². The van der Waals surface area contributed by atoms with Crippen molar-refractivity contribution >= 4 is 41.2 Å². The number of imide groups is 1. The largest absolute Gasteiger partial charge is 0.381 e. The molecule has 4 amide bonds. The van der Waals surface area contributed by atoms with E-state index in [-0.39, 0.29) is 79.0 Å². The average Bonchev–Trinajstić information content (AvgIpc) is 2.91. The van der Waals surface area contributed by atoms with Gasteiger partial charge in [-0.15, -0.1) is 0 Å². The molecular formula is C19H30N3O5SV-. The Morgan fingerprint density at radius 3 is 2.48 bits per heavy atom. The van der Waals surface area contributed by atoms with Gasteiger partial charge in [-0.2, -0.15) is 11.8 Å². The number of hydrogen-bond acceptors (Lipinski definition) is 6. The normalized spacial score (nSPS) is 16.9.